The molecule has 0 amide bonds. The lowest BCUT2D eigenvalue weighted by atomic mass is 9.98. The van der Waals surface area contributed by atoms with Crippen molar-refractivity contribution < 1.29 is 4.39 Å². The molecule has 1 aliphatic heterocycles. The summed E-state index contributed by atoms with van der Waals surface area (Å²) in [6.45, 7) is 2.86. The SMILES string of the molecule is N#Cc1cnc(Nc2cc(NCC3CCNCC3)c(-c3ccc(F)cc3)nn2)cn1. The highest BCUT2D eigenvalue weighted by atomic mass is 19.1. The Morgan fingerprint density at radius 2 is 1.87 bits per heavy atom. The van der Waals surface area contributed by atoms with Crippen LogP contribution in [0.2, 0.25) is 0 Å². The van der Waals surface area contributed by atoms with E-state index in [9.17, 15) is 4.39 Å². The fourth-order valence-electron chi connectivity index (χ4n) is 3.33. The number of nitriles is 1. The van der Waals surface area contributed by atoms with E-state index in [4.69, 9.17) is 5.26 Å². The third-order valence-electron chi connectivity index (χ3n) is 4.97. The number of anilines is 3. The normalized spacial score (nSPS) is 14.1. The summed E-state index contributed by atoms with van der Waals surface area (Å²) in [5.74, 6) is 1.23. The zero-order valence-corrected chi connectivity index (χ0v) is 16.3. The molecule has 30 heavy (non-hydrogen) atoms. The summed E-state index contributed by atoms with van der Waals surface area (Å²) in [4.78, 5) is 8.15. The number of aromatic nitrogens is 4. The van der Waals surface area contributed by atoms with Gasteiger partial charge in [0.2, 0.25) is 0 Å². The molecule has 9 heteroatoms. The van der Waals surface area contributed by atoms with E-state index in [0.29, 0.717) is 23.2 Å². The predicted molar refractivity (Wildman–Crippen MR) is 112 cm³/mol. The second-order valence-electron chi connectivity index (χ2n) is 7.10. The topological polar surface area (TPSA) is 111 Å². The molecule has 0 bridgehead atoms. The fraction of sp³-hybridized carbons (Fsp3) is 0.286. The van der Waals surface area contributed by atoms with Crippen LogP contribution in [0.1, 0.15) is 18.5 Å². The molecule has 3 aromatic rings. The first kappa shape index (κ1) is 19.7. The quantitative estimate of drug-likeness (QED) is 0.575. The molecular formula is C21H21FN8. The molecule has 152 valence electrons. The molecule has 0 atom stereocenters. The van der Waals surface area contributed by atoms with E-state index >= 15 is 0 Å². The lowest BCUT2D eigenvalue weighted by Crippen LogP contribution is -2.31. The van der Waals surface area contributed by atoms with Crippen molar-refractivity contribution >= 4 is 17.3 Å². The zero-order valence-electron chi connectivity index (χ0n) is 16.3. The monoisotopic (exact) mass is 404 g/mol. The van der Waals surface area contributed by atoms with Gasteiger partial charge in [-0.05, 0) is 56.1 Å². The Labute approximate surface area is 173 Å². The molecule has 0 spiro atoms. The van der Waals surface area contributed by atoms with Crippen LogP contribution in [0, 0.1) is 23.1 Å². The van der Waals surface area contributed by atoms with E-state index in [1.165, 1.54) is 24.5 Å². The Kier molecular flexibility index (Phi) is 6.06. The van der Waals surface area contributed by atoms with Crippen molar-refractivity contribution in [2.24, 2.45) is 5.92 Å². The molecule has 0 radical (unpaired) electrons. The van der Waals surface area contributed by atoms with E-state index in [-0.39, 0.29) is 11.5 Å². The van der Waals surface area contributed by atoms with Crippen molar-refractivity contribution in [2.75, 3.05) is 30.3 Å². The third-order valence-corrected chi connectivity index (χ3v) is 4.97. The molecule has 8 nitrogen and oxygen atoms in total. The van der Waals surface area contributed by atoms with Crippen molar-refractivity contribution in [3.63, 3.8) is 0 Å². The van der Waals surface area contributed by atoms with E-state index in [0.717, 1.165) is 43.7 Å². The van der Waals surface area contributed by atoms with Crippen molar-refractivity contribution in [3.05, 3.63) is 54.2 Å². The van der Waals surface area contributed by atoms with Crippen LogP contribution in [0.15, 0.2) is 42.7 Å². The van der Waals surface area contributed by atoms with Gasteiger partial charge in [-0.1, -0.05) is 0 Å². The number of nitrogens with one attached hydrogen (secondary N) is 3. The van der Waals surface area contributed by atoms with Gasteiger partial charge in [0.1, 0.15) is 23.4 Å². The van der Waals surface area contributed by atoms with Gasteiger partial charge in [0.25, 0.3) is 0 Å². The number of hydrogen-bond donors (Lipinski definition) is 3. The van der Waals surface area contributed by atoms with Crippen LogP contribution in [0.3, 0.4) is 0 Å². The molecular weight excluding hydrogens is 383 g/mol. The van der Waals surface area contributed by atoms with Crippen molar-refractivity contribution in [1.82, 2.24) is 25.5 Å². The molecule has 3 N–H and O–H groups in total. The van der Waals surface area contributed by atoms with Crippen molar-refractivity contribution in [2.45, 2.75) is 12.8 Å². The summed E-state index contributed by atoms with van der Waals surface area (Å²) in [5.41, 5.74) is 2.48. The van der Waals surface area contributed by atoms with Crippen LogP contribution < -0.4 is 16.0 Å². The summed E-state index contributed by atoms with van der Waals surface area (Å²) in [6.07, 6.45) is 5.09. The summed E-state index contributed by atoms with van der Waals surface area (Å²) in [5, 5.41) is 27.4. The highest BCUT2D eigenvalue weighted by molar-refractivity contribution is 5.76. The van der Waals surface area contributed by atoms with Crippen LogP contribution in [0.5, 0.6) is 0 Å². The maximum Gasteiger partial charge on any atom is 0.158 e. The Morgan fingerprint density at radius 3 is 2.57 bits per heavy atom. The highest BCUT2D eigenvalue weighted by Gasteiger charge is 2.15. The molecule has 0 saturated carbocycles. The summed E-state index contributed by atoms with van der Waals surface area (Å²) >= 11 is 0. The third kappa shape index (κ3) is 4.85. The smallest absolute Gasteiger partial charge is 0.158 e. The lowest BCUT2D eigenvalue weighted by Gasteiger charge is -2.23. The number of hydrogen-bond acceptors (Lipinski definition) is 8. The Bertz CT molecular complexity index is 1020. The molecule has 1 saturated heterocycles. The largest absolute Gasteiger partial charge is 0.383 e. The Balaban J connectivity index is 1.58. The summed E-state index contributed by atoms with van der Waals surface area (Å²) in [7, 11) is 0. The lowest BCUT2D eigenvalue weighted by molar-refractivity contribution is 0.390. The van der Waals surface area contributed by atoms with E-state index in [1.54, 1.807) is 12.1 Å². The van der Waals surface area contributed by atoms with Gasteiger partial charge in [-0.2, -0.15) is 5.26 Å². The molecule has 1 aliphatic rings. The van der Waals surface area contributed by atoms with Gasteiger partial charge in [0, 0.05) is 18.2 Å². The summed E-state index contributed by atoms with van der Waals surface area (Å²) in [6, 6.07) is 9.98. The van der Waals surface area contributed by atoms with Gasteiger partial charge in [-0.25, -0.2) is 14.4 Å². The van der Waals surface area contributed by atoms with Crippen LogP contribution >= 0.6 is 0 Å². The molecule has 3 heterocycles. The minimum Gasteiger partial charge on any atom is -0.383 e. The van der Waals surface area contributed by atoms with E-state index < -0.39 is 0 Å². The number of nitrogens with zero attached hydrogens (tertiary/aromatic N) is 5. The van der Waals surface area contributed by atoms with Gasteiger partial charge in [0.15, 0.2) is 11.5 Å². The maximum absolute atomic E-state index is 13.4. The minimum absolute atomic E-state index is 0.239. The Hall–Kier alpha value is -3.64. The molecule has 1 aromatic carbocycles. The number of benzene rings is 1. The average Bonchev–Trinajstić information content (AvgIpc) is 2.80. The zero-order chi connectivity index (χ0) is 20.8. The van der Waals surface area contributed by atoms with Gasteiger partial charge in [-0.15, -0.1) is 10.2 Å². The van der Waals surface area contributed by atoms with E-state index in [1.807, 2.05) is 12.1 Å². The molecule has 2 aromatic heterocycles. The standard InChI is InChI=1S/C21H21FN8/c22-16-3-1-15(2-4-16)21-18(26-11-14-5-7-24-8-6-14)9-19(29-30-21)28-20-13-25-17(10-23)12-27-20/h1-4,9,12-14,24H,5-8,11H2,(H2,26,27,28,29). The number of halogens is 1. The van der Waals surface area contributed by atoms with Crippen LogP contribution in [-0.4, -0.2) is 39.8 Å². The van der Waals surface area contributed by atoms with Gasteiger partial charge >= 0.3 is 0 Å². The van der Waals surface area contributed by atoms with Crippen LogP contribution in [0.4, 0.5) is 21.7 Å². The fourth-order valence-corrected chi connectivity index (χ4v) is 3.33. The summed E-state index contributed by atoms with van der Waals surface area (Å²) < 4.78 is 13.4. The van der Waals surface area contributed by atoms with E-state index in [2.05, 4.69) is 36.1 Å². The van der Waals surface area contributed by atoms with Crippen LogP contribution in [-0.2, 0) is 0 Å². The first-order valence-electron chi connectivity index (χ1n) is 9.78. The van der Waals surface area contributed by atoms with Crippen molar-refractivity contribution in [3.8, 4) is 17.3 Å². The predicted octanol–water partition coefficient (Wildman–Crippen LogP) is 3.10. The molecule has 1 fully saturated rings. The minimum atomic E-state index is -0.298. The van der Waals surface area contributed by atoms with Crippen molar-refractivity contribution in [1.29, 1.82) is 5.26 Å². The molecule has 0 aliphatic carbocycles. The first-order chi connectivity index (χ1) is 14.7. The highest BCUT2D eigenvalue weighted by Crippen LogP contribution is 2.28. The molecule has 4 rings (SSSR count). The molecule has 0 unspecified atom stereocenters. The van der Waals surface area contributed by atoms with Gasteiger partial charge < -0.3 is 16.0 Å². The maximum atomic E-state index is 13.4. The van der Waals surface area contributed by atoms with Gasteiger partial charge in [-0.3, -0.25) is 0 Å². The first-order valence-corrected chi connectivity index (χ1v) is 9.78. The second-order valence-corrected chi connectivity index (χ2v) is 7.10. The van der Waals surface area contributed by atoms with Crippen LogP contribution in [0.25, 0.3) is 11.3 Å². The average molecular weight is 404 g/mol. The number of rotatable bonds is 6. The Morgan fingerprint density at radius 1 is 1.07 bits per heavy atom. The number of piperidine rings is 1. The second kappa shape index (κ2) is 9.24. The van der Waals surface area contributed by atoms with Gasteiger partial charge in [0.05, 0.1) is 18.1 Å².